The Balaban J connectivity index is 2.14. The van der Waals surface area contributed by atoms with E-state index < -0.39 is 5.97 Å². The lowest BCUT2D eigenvalue weighted by Gasteiger charge is -2.11. The van der Waals surface area contributed by atoms with Crippen molar-refractivity contribution < 1.29 is 23.8 Å². The Morgan fingerprint density at radius 2 is 1.64 bits per heavy atom. The predicted octanol–water partition coefficient (Wildman–Crippen LogP) is 3.47. The number of benzene rings is 1. The number of carbonyl (C=O) groups excluding carboxylic acids is 2. The Morgan fingerprint density at radius 1 is 1.00 bits per heavy atom. The molecule has 0 saturated heterocycles. The van der Waals surface area contributed by atoms with Gasteiger partial charge < -0.3 is 19.2 Å². The lowest BCUT2D eigenvalue weighted by molar-refractivity contribution is 0.0525. The summed E-state index contributed by atoms with van der Waals surface area (Å²) in [5.74, 6) is 0.409. The monoisotopic (exact) mass is 345 g/mol. The standard InChI is InChI=1S/C19H23NO5/c1-5-23-15-9-7-8-10-16(15)25-11-14(21)18-12(3)17(13(4)20-18)19(22)24-6-2/h7-10,20H,5-6,11H2,1-4H3. The summed E-state index contributed by atoms with van der Waals surface area (Å²) >= 11 is 0. The van der Waals surface area contributed by atoms with Gasteiger partial charge in [-0.05, 0) is 45.4 Å². The van der Waals surface area contributed by atoms with Crippen LogP contribution in [0, 0.1) is 13.8 Å². The molecule has 6 heteroatoms. The molecular weight excluding hydrogens is 322 g/mol. The number of H-pyrrole nitrogens is 1. The van der Waals surface area contributed by atoms with Crippen molar-refractivity contribution >= 4 is 11.8 Å². The van der Waals surface area contributed by atoms with Gasteiger partial charge >= 0.3 is 5.97 Å². The minimum atomic E-state index is -0.435. The first kappa shape index (κ1) is 18.6. The minimum absolute atomic E-state index is 0.160. The largest absolute Gasteiger partial charge is 0.490 e. The quantitative estimate of drug-likeness (QED) is 0.585. The smallest absolute Gasteiger partial charge is 0.340 e. The van der Waals surface area contributed by atoms with E-state index in [1.54, 1.807) is 32.9 Å². The third-order valence-electron chi connectivity index (χ3n) is 3.70. The highest BCUT2D eigenvalue weighted by molar-refractivity contribution is 6.02. The Kier molecular flexibility index (Phi) is 6.22. The van der Waals surface area contributed by atoms with E-state index in [2.05, 4.69) is 4.98 Å². The molecule has 2 rings (SSSR count). The molecule has 0 bridgehead atoms. The van der Waals surface area contributed by atoms with Crippen LogP contribution in [0.25, 0.3) is 0 Å². The Bertz CT molecular complexity index is 763. The van der Waals surface area contributed by atoms with E-state index in [9.17, 15) is 9.59 Å². The van der Waals surface area contributed by atoms with Crippen LogP contribution >= 0.6 is 0 Å². The molecule has 134 valence electrons. The van der Waals surface area contributed by atoms with Gasteiger partial charge in [-0.2, -0.15) is 0 Å². The summed E-state index contributed by atoms with van der Waals surface area (Å²) in [6.45, 7) is 7.70. The van der Waals surface area contributed by atoms with Gasteiger partial charge in [-0.15, -0.1) is 0 Å². The molecule has 0 saturated carbocycles. The molecule has 0 aliphatic heterocycles. The first-order chi connectivity index (χ1) is 12.0. The number of aryl methyl sites for hydroxylation is 1. The zero-order chi connectivity index (χ0) is 18.4. The molecule has 0 atom stereocenters. The molecule has 0 unspecified atom stereocenters. The summed E-state index contributed by atoms with van der Waals surface area (Å²) < 4.78 is 16.1. The van der Waals surface area contributed by atoms with E-state index in [-0.39, 0.29) is 19.0 Å². The zero-order valence-corrected chi connectivity index (χ0v) is 15.0. The average Bonchev–Trinajstić information content (AvgIpc) is 2.89. The van der Waals surface area contributed by atoms with Crippen molar-refractivity contribution in [1.82, 2.24) is 4.98 Å². The van der Waals surface area contributed by atoms with Gasteiger partial charge in [0.2, 0.25) is 5.78 Å². The van der Waals surface area contributed by atoms with Crippen LogP contribution in [0.4, 0.5) is 0 Å². The minimum Gasteiger partial charge on any atom is -0.490 e. The lowest BCUT2D eigenvalue weighted by atomic mass is 10.1. The summed E-state index contributed by atoms with van der Waals surface area (Å²) in [6, 6.07) is 7.18. The van der Waals surface area contributed by atoms with Crippen molar-refractivity contribution in [2.75, 3.05) is 19.8 Å². The van der Waals surface area contributed by atoms with Crippen molar-refractivity contribution in [3.63, 3.8) is 0 Å². The summed E-state index contributed by atoms with van der Waals surface area (Å²) in [5.41, 5.74) is 1.94. The van der Waals surface area contributed by atoms with Crippen LogP contribution < -0.4 is 9.47 Å². The van der Waals surface area contributed by atoms with Crippen LogP contribution in [-0.4, -0.2) is 36.6 Å². The molecule has 1 N–H and O–H groups in total. The van der Waals surface area contributed by atoms with Crippen molar-refractivity contribution in [1.29, 1.82) is 0 Å². The van der Waals surface area contributed by atoms with Gasteiger partial charge in [-0.3, -0.25) is 4.79 Å². The van der Waals surface area contributed by atoms with E-state index in [0.29, 0.717) is 40.6 Å². The summed E-state index contributed by atoms with van der Waals surface area (Å²) in [7, 11) is 0. The number of esters is 1. The van der Waals surface area contributed by atoms with Crippen LogP contribution in [0.1, 0.15) is 46.0 Å². The van der Waals surface area contributed by atoms with E-state index in [4.69, 9.17) is 14.2 Å². The molecule has 1 heterocycles. The molecule has 0 radical (unpaired) electrons. The molecule has 0 aliphatic rings. The van der Waals surface area contributed by atoms with Gasteiger partial charge in [0.05, 0.1) is 24.5 Å². The fourth-order valence-electron chi connectivity index (χ4n) is 2.60. The number of para-hydroxylation sites is 2. The Morgan fingerprint density at radius 3 is 2.24 bits per heavy atom. The van der Waals surface area contributed by atoms with Crippen LogP contribution in [0.2, 0.25) is 0 Å². The van der Waals surface area contributed by atoms with Crippen molar-refractivity contribution in [3.05, 3.63) is 46.8 Å². The predicted molar refractivity (Wildman–Crippen MR) is 93.7 cm³/mol. The number of ketones is 1. The lowest BCUT2D eigenvalue weighted by Crippen LogP contribution is -2.14. The second-order valence-electron chi connectivity index (χ2n) is 5.44. The van der Waals surface area contributed by atoms with Gasteiger partial charge in [-0.1, -0.05) is 12.1 Å². The highest BCUT2D eigenvalue weighted by Crippen LogP contribution is 2.27. The number of ether oxygens (including phenoxy) is 3. The maximum atomic E-state index is 12.5. The van der Waals surface area contributed by atoms with Gasteiger partial charge in [0.1, 0.15) is 0 Å². The molecule has 6 nitrogen and oxygen atoms in total. The average molecular weight is 345 g/mol. The number of nitrogens with one attached hydrogen (secondary N) is 1. The molecule has 25 heavy (non-hydrogen) atoms. The topological polar surface area (TPSA) is 77.6 Å². The summed E-state index contributed by atoms with van der Waals surface area (Å²) in [4.78, 5) is 27.5. The highest BCUT2D eigenvalue weighted by atomic mass is 16.5. The normalized spacial score (nSPS) is 10.4. The van der Waals surface area contributed by atoms with E-state index in [0.717, 1.165) is 0 Å². The number of hydrogen-bond acceptors (Lipinski definition) is 5. The van der Waals surface area contributed by atoms with Crippen molar-refractivity contribution in [3.8, 4) is 11.5 Å². The van der Waals surface area contributed by atoms with Gasteiger partial charge in [-0.25, -0.2) is 4.79 Å². The third kappa shape index (κ3) is 4.21. The molecule has 1 aromatic carbocycles. The SMILES string of the molecule is CCOC(=O)c1c(C)[nH]c(C(=O)COc2ccccc2OCC)c1C. The number of carbonyl (C=O) groups is 2. The number of aromatic nitrogens is 1. The molecular formula is C19H23NO5. The van der Waals surface area contributed by atoms with Crippen molar-refractivity contribution in [2.24, 2.45) is 0 Å². The molecule has 2 aromatic rings. The summed E-state index contributed by atoms with van der Waals surface area (Å²) in [6.07, 6.45) is 0. The molecule has 1 aromatic heterocycles. The van der Waals surface area contributed by atoms with Gasteiger partial charge in [0, 0.05) is 5.69 Å². The van der Waals surface area contributed by atoms with Crippen LogP contribution in [0.15, 0.2) is 24.3 Å². The van der Waals surface area contributed by atoms with Gasteiger partial charge in [0.15, 0.2) is 18.1 Å². The first-order valence-corrected chi connectivity index (χ1v) is 8.23. The van der Waals surface area contributed by atoms with E-state index >= 15 is 0 Å². The fraction of sp³-hybridized carbons (Fsp3) is 0.368. The van der Waals surface area contributed by atoms with E-state index in [1.807, 2.05) is 19.1 Å². The second-order valence-corrected chi connectivity index (χ2v) is 5.44. The van der Waals surface area contributed by atoms with Crippen molar-refractivity contribution in [2.45, 2.75) is 27.7 Å². The zero-order valence-electron chi connectivity index (χ0n) is 15.0. The first-order valence-electron chi connectivity index (χ1n) is 8.23. The number of hydrogen-bond donors (Lipinski definition) is 1. The third-order valence-corrected chi connectivity index (χ3v) is 3.70. The molecule has 0 fully saturated rings. The van der Waals surface area contributed by atoms with E-state index in [1.165, 1.54) is 0 Å². The maximum Gasteiger partial charge on any atom is 0.340 e. The Labute approximate surface area is 147 Å². The summed E-state index contributed by atoms with van der Waals surface area (Å²) in [5, 5.41) is 0. The maximum absolute atomic E-state index is 12.5. The van der Waals surface area contributed by atoms with Crippen LogP contribution in [0.5, 0.6) is 11.5 Å². The Hall–Kier alpha value is -2.76. The molecule has 0 aliphatic carbocycles. The number of Topliss-reactive ketones (excluding diaryl/α,β-unsaturated/α-hetero) is 1. The highest BCUT2D eigenvalue weighted by Gasteiger charge is 2.23. The van der Waals surface area contributed by atoms with Crippen LogP contribution in [0.3, 0.4) is 0 Å². The molecule has 0 amide bonds. The second kappa shape index (κ2) is 8.37. The molecule has 0 spiro atoms. The van der Waals surface area contributed by atoms with Crippen LogP contribution in [-0.2, 0) is 4.74 Å². The fourth-order valence-corrected chi connectivity index (χ4v) is 2.60. The number of rotatable bonds is 8. The number of aromatic amines is 1. The van der Waals surface area contributed by atoms with Gasteiger partial charge in [0.25, 0.3) is 0 Å².